The fourth-order valence-corrected chi connectivity index (χ4v) is 2.09. The van der Waals surface area contributed by atoms with Crippen LogP contribution in [0.25, 0.3) is 6.08 Å². The van der Waals surface area contributed by atoms with Crippen molar-refractivity contribution in [1.82, 2.24) is 0 Å². The minimum Gasteiger partial charge on any atom is -0.120 e. The van der Waals surface area contributed by atoms with Crippen LogP contribution in [0.15, 0.2) is 30.3 Å². The van der Waals surface area contributed by atoms with Crippen LogP contribution < -0.4 is 0 Å². The lowest BCUT2D eigenvalue weighted by Crippen LogP contribution is -2.05. The number of terminal acetylenes is 1. The van der Waals surface area contributed by atoms with Gasteiger partial charge in [0.1, 0.15) is 0 Å². The van der Waals surface area contributed by atoms with Crippen molar-refractivity contribution in [2.24, 2.45) is 5.92 Å². The molecule has 14 heavy (non-hydrogen) atoms. The molecule has 1 aromatic carbocycles. The first-order valence-corrected chi connectivity index (χ1v) is 5.03. The van der Waals surface area contributed by atoms with Gasteiger partial charge in [0.25, 0.3) is 0 Å². The minimum atomic E-state index is 0.516. The Labute approximate surface area is 85.7 Å². The molecule has 1 aliphatic rings. The van der Waals surface area contributed by atoms with Gasteiger partial charge in [-0.2, -0.15) is 0 Å². The highest BCUT2D eigenvalue weighted by atomic mass is 14.2. The van der Waals surface area contributed by atoms with Gasteiger partial charge in [0, 0.05) is 12.3 Å². The van der Waals surface area contributed by atoms with Gasteiger partial charge >= 0.3 is 0 Å². The van der Waals surface area contributed by atoms with Crippen LogP contribution in [0.2, 0.25) is 0 Å². The third-order valence-electron chi connectivity index (χ3n) is 2.89. The second-order valence-electron chi connectivity index (χ2n) is 3.90. The molecule has 0 N–H and O–H groups in total. The van der Waals surface area contributed by atoms with Crippen LogP contribution >= 0.6 is 0 Å². The smallest absolute Gasteiger partial charge is 0.0121 e. The Hall–Kier alpha value is -1.48. The quantitative estimate of drug-likeness (QED) is 0.614. The zero-order valence-electron chi connectivity index (χ0n) is 8.40. The summed E-state index contributed by atoms with van der Waals surface area (Å²) < 4.78 is 0. The van der Waals surface area contributed by atoms with E-state index in [1.165, 1.54) is 11.1 Å². The summed E-state index contributed by atoms with van der Waals surface area (Å²) in [4.78, 5) is 0. The molecule has 0 amide bonds. The highest BCUT2D eigenvalue weighted by Gasteiger charge is 2.21. The van der Waals surface area contributed by atoms with Crippen molar-refractivity contribution in [2.45, 2.75) is 19.3 Å². The van der Waals surface area contributed by atoms with E-state index in [9.17, 15) is 0 Å². The summed E-state index contributed by atoms with van der Waals surface area (Å²) in [5, 5.41) is 0. The molecule has 0 aliphatic heterocycles. The molecule has 2 atom stereocenters. The zero-order valence-corrected chi connectivity index (χ0v) is 8.40. The predicted octanol–water partition coefficient (Wildman–Crippen LogP) is 3.46. The molecular weight excluding hydrogens is 168 g/mol. The number of benzene rings is 1. The van der Waals surface area contributed by atoms with Crippen LogP contribution in [0.5, 0.6) is 0 Å². The summed E-state index contributed by atoms with van der Waals surface area (Å²) in [5.74, 6) is 3.80. The Balaban J connectivity index is 2.27. The molecule has 0 saturated heterocycles. The molecule has 2 unspecified atom stereocenters. The van der Waals surface area contributed by atoms with Crippen LogP contribution in [0.4, 0.5) is 0 Å². The van der Waals surface area contributed by atoms with Gasteiger partial charge in [-0.05, 0) is 17.0 Å². The lowest BCUT2D eigenvalue weighted by molar-refractivity contribution is 0.544. The molecule has 0 radical (unpaired) electrons. The molecule has 0 bridgehead atoms. The van der Waals surface area contributed by atoms with Gasteiger partial charge in [-0.3, -0.25) is 0 Å². The molecule has 0 heterocycles. The Morgan fingerprint density at radius 2 is 2.21 bits per heavy atom. The number of rotatable bonds is 2. The normalized spacial score (nSPS) is 20.1. The first-order chi connectivity index (χ1) is 6.83. The van der Waals surface area contributed by atoms with Gasteiger partial charge < -0.3 is 0 Å². The molecule has 0 spiro atoms. The van der Waals surface area contributed by atoms with E-state index in [0.29, 0.717) is 11.8 Å². The summed E-state index contributed by atoms with van der Waals surface area (Å²) in [5.41, 5.74) is 2.77. The van der Waals surface area contributed by atoms with E-state index in [0.717, 1.165) is 6.42 Å². The predicted molar refractivity (Wildman–Crippen MR) is 60.8 cm³/mol. The first-order valence-electron chi connectivity index (χ1n) is 5.03. The number of hydrogen-bond donors (Lipinski definition) is 0. The first kappa shape index (κ1) is 9.09. The second-order valence-corrected chi connectivity index (χ2v) is 3.90. The van der Waals surface area contributed by atoms with Crippen molar-refractivity contribution in [2.75, 3.05) is 0 Å². The van der Waals surface area contributed by atoms with Gasteiger partial charge in [-0.1, -0.05) is 43.3 Å². The lowest BCUT2D eigenvalue weighted by Gasteiger charge is -2.16. The maximum Gasteiger partial charge on any atom is 0.0121 e. The van der Waals surface area contributed by atoms with Crippen molar-refractivity contribution in [3.8, 4) is 12.3 Å². The van der Waals surface area contributed by atoms with Gasteiger partial charge in [0.2, 0.25) is 0 Å². The van der Waals surface area contributed by atoms with Crippen LogP contribution in [-0.2, 0) is 0 Å². The van der Waals surface area contributed by atoms with E-state index in [-0.39, 0.29) is 0 Å². The third-order valence-corrected chi connectivity index (χ3v) is 2.89. The summed E-state index contributed by atoms with van der Waals surface area (Å²) in [6.45, 7) is 2.22. The minimum absolute atomic E-state index is 0.516. The summed E-state index contributed by atoms with van der Waals surface area (Å²) in [7, 11) is 0. The zero-order chi connectivity index (χ0) is 9.97. The van der Waals surface area contributed by atoms with Crippen molar-refractivity contribution in [3.63, 3.8) is 0 Å². The van der Waals surface area contributed by atoms with Gasteiger partial charge in [0.05, 0.1) is 0 Å². The fourth-order valence-electron chi connectivity index (χ4n) is 2.09. The van der Waals surface area contributed by atoms with Gasteiger partial charge in [-0.15, -0.1) is 12.3 Å². The van der Waals surface area contributed by atoms with Crippen LogP contribution in [0.3, 0.4) is 0 Å². The molecule has 0 aromatic heterocycles. The Bertz CT molecular complexity index is 393. The number of fused-ring (bicyclic) bond motifs is 1. The number of allylic oxidation sites excluding steroid dienone is 1. The number of hydrogen-bond acceptors (Lipinski definition) is 0. The summed E-state index contributed by atoms with van der Waals surface area (Å²) >= 11 is 0. The van der Waals surface area contributed by atoms with Crippen LogP contribution in [-0.4, -0.2) is 0 Å². The highest BCUT2D eigenvalue weighted by Crippen LogP contribution is 2.36. The summed E-state index contributed by atoms with van der Waals surface area (Å²) in [6, 6.07) is 8.54. The highest BCUT2D eigenvalue weighted by molar-refractivity contribution is 5.62. The molecule has 2 rings (SSSR count). The van der Waals surface area contributed by atoms with Gasteiger partial charge in [-0.25, -0.2) is 0 Å². The summed E-state index contributed by atoms with van der Waals surface area (Å²) in [6.07, 6.45) is 10.7. The second kappa shape index (κ2) is 3.72. The van der Waals surface area contributed by atoms with Crippen molar-refractivity contribution in [1.29, 1.82) is 0 Å². The molecule has 0 fully saturated rings. The standard InChI is InChI=1S/C14H14/c1-3-6-11(2)13-10-9-12-7-4-5-8-14(12)13/h1,4-5,7-11,13H,6H2,2H3. The average molecular weight is 182 g/mol. The van der Waals surface area contributed by atoms with E-state index in [1.54, 1.807) is 0 Å². The molecule has 0 nitrogen and oxygen atoms in total. The van der Waals surface area contributed by atoms with E-state index < -0.39 is 0 Å². The lowest BCUT2D eigenvalue weighted by atomic mass is 9.87. The maximum atomic E-state index is 5.34. The van der Waals surface area contributed by atoms with Crippen molar-refractivity contribution in [3.05, 3.63) is 41.5 Å². The molecular formula is C14H14. The van der Waals surface area contributed by atoms with E-state index in [2.05, 4.69) is 49.3 Å². The molecule has 0 heteroatoms. The molecule has 0 saturated carbocycles. The molecule has 1 aromatic rings. The van der Waals surface area contributed by atoms with Crippen molar-refractivity contribution >= 4 is 6.08 Å². The van der Waals surface area contributed by atoms with E-state index >= 15 is 0 Å². The topological polar surface area (TPSA) is 0 Å². The van der Waals surface area contributed by atoms with Gasteiger partial charge in [0.15, 0.2) is 0 Å². The fraction of sp³-hybridized carbons (Fsp3) is 0.286. The van der Waals surface area contributed by atoms with E-state index in [1.807, 2.05) is 0 Å². The third kappa shape index (κ3) is 1.46. The Morgan fingerprint density at radius 1 is 1.43 bits per heavy atom. The Kier molecular flexibility index (Phi) is 2.41. The van der Waals surface area contributed by atoms with E-state index in [4.69, 9.17) is 6.42 Å². The van der Waals surface area contributed by atoms with Crippen molar-refractivity contribution < 1.29 is 0 Å². The molecule has 70 valence electrons. The Morgan fingerprint density at radius 3 is 3.00 bits per heavy atom. The maximum absolute atomic E-state index is 5.34. The largest absolute Gasteiger partial charge is 0.120 e. The van der Waals surface area contributed by atoms with Crippen LogP contribution in [0.1, 0.15) is 30.4 Å². The molecule has 1 aliphatic carbocycles. The van der Waals surface area contributed by atoms with Crippen LogP contribution in [0, 0.1) is 18.3 Å². The average Bonchev–Trinajstić information content (AvgIpc) is 2.61. The SMILES string of the molecule is C#CCC(C)C1C=Cc2ccccc21. The monoisotopic (exact) mass is 182 g/mol.